The number of guanidine groups is 1. The molecule has 0 aliphatic heterocycles. The molecule has 0 aliphatic carbocycles. The topological polar surface area (TPSA) is 63.5 Å². The van der Waals surface area contributed by atoms with Crippen LogP contribution in [0.25, 0.3) is 0 Å². The SMILES string of the molecule is CC(C)Oc1ccc(NC(=NCc2cnn(C)c2)NCCc2cccs2)cc1. The lowest BCUT2D eigenvalue weighted by atomic mass is 10.3. The van der Waals surface area contributed by atoms with Crippen LogP contribution in [0.4, 0.5) is 5.69 Å². The van der Waals surface area contributed by atoms with Gasteiger partial charge in [0.25, 0.3) is 0 Å². The zero-order chi connectivity index (χ0) is 19.8. The van der Waals surface area contributed by atoms with Crippen LogP contribution in [-0.2, 0) is 20.0 Å². The highest BCUT2D eigenvalue weighted by atomic mass is 32.1. The second-order valence-electron chi connectivity index (χ2n) is 6.76. The van der Waals surface area contributed by atoms with E-state index in [1.165, 1.54) is 4.88 Å². The molecule has 0 spiro atoms. The van der Waals surface area contributed by atoms with Gasteiger partial charge in [0, 0.05) is 35.9 Å². The minimum atomic E-state index is 0.161. The molecular weight excluding hydrogens is 370 g/mol. The van der Waals surface area contributed by atoms with Crippen LogP contribution in [0.2, 0.25) is 0 Å². The summed E-state index contributed by atoms with van der Waals surface area (Å²) in [5.74, 6) is 1.61. The molecular formula is C21H27N5OS. The predicted octanol–water partition coefficient (Wildman–Crippen LogP) is 4.07. The van der Waals surface area contributed by atoms with Gasteiger partial charge < -0.3 is 15.4 Å². The molecule has 0 fully saturated rings. The third-order valence-electron chi connectivity index (χ3n) is 3.91. The van der Waals surface area contributed by atoms with Gasteiger partial charge in [-0.3, -0.25) is 4.68 Å². The molecule has 2 aromatic heterocycles. The minimum absolute atomic E-state index is 0.161. The number of nitrogens with zero attached hydrogens (tertiary/aromatic N) is 3. The number of aromatic nitrogens is 2. The molecule has 3 rings (SSSR count). The number of nitrogens with one attached hydrogen (secondary N) is 2. The highest BCUT2D eigenvalue weighted by Gasteiger charge is 2.04. The lowest BCUT2D eigenvalue weighted by Crippen LogP contribution is -2.32. The van der Waals surface area contributed by atoms with Crippen LogP contribution in [0.3, 0.4) is 0 Å². The van der Waals surface area contributed by atoms with Gasteiger partial charge in [-0.2, -0.15) is 5.10 Å². The van der Waals surface area contributed by atoms with Gasteiger partial charge in [0.1, 0.15) is 5.75 Å². The molecule has 1 aromatic carbocycles. The Balaban J connectivity index is 1.63. The fraction of sp³-hybridized carbons (Fsp3) is 0.333. The van der Waals surface area contributed by atoms with Gasteiger partial charge in [-0.1, -0.05) is 6.07 Å². The number of hydrogen-bond acceptors (Lipinski definition) is 4. The molecule has 28 heavy (non-hydrogen) atoms. The van der Waals surface area contributed by atoms with Gasteiger partial charge in [0.05, 0.1) is 18.8 Å². The molecule has 2 N–H and O–H groups in total. The molecule has 0 saturated carbocycles. The Bertz CT molecular complexity index is 869. The average Bonchev–Trinajstić information content (AvgIpc) is 3.32. The fourth-order valence-electron chi connectivity index (χ4n) is 2.65. The number of thiophene rings is 1. The van der Waals surface area contributed by atoms with Crippen molar-refractivity contribution in [3.63, 3.8) is 0 Å². The molecule has 148 valence electrons. The van der Waals surface area contributed by atoms with Gasteiger partial charge in [0.2, 0.25) is 0 Å². The van der Waals surface area contributed by atoms with E-state index >= 15 is 0 Å². The van der Waals surface area contributed by atoms with E-state index in [0.717, 1.165) is 35.9 Å². The van der Waals surface area contributed by atoms with Crippen LogP contribution in [0.1, 0.15) is 24.3 Å². The van der Waals surface area contributed by atoms with Gasteiger partial charge in [-0.15, -0.1) is 11.3 Å². The van der Waals surface area contributed by atoms with E-state index in [2.05, 4.69) is 33.2 Å². The predicted molar refractivity (Wildman–Crippen MR) is 116 cm³/mol. The summed E-state index contributed by atoms with van der Waals surface area (Å²) >= 11 is 1.77. The first-order valence-corrected chi connectivity index (χ1v) is 10.3. The first-order valence-electron chi connectivity index (χ1n) is 9.40. The van der Waals surface area contributed by atoms with E-state index in [0.29, 0.717) is 6.54 Å². The Hall–Kier alpha value is -2.80. The van der Waals surface area contributed by atoms with Crippen LogP contribution < -0.4 is 15.4 Å². The average molecular weight is 398 g/mol. The molecule has 7 heteroatoms. The largest absolute Gasteiger partial charge is 0.491 e. The monoisotopic (exact) mass is 397 g/mol. The molecule has 0 radical (unpaired) electrons. The van der Waals surface area contributed by atoms with E-state index in [9.17, 15) is 0 Å². The Morgan fingerprint density at radius 1 is 1.25 bits per heavy atom. The summed E-state index contributed by atoms with van der Waals surface area (Å²) in [4.78, 5) is 6.06. The van der Waals surface area contributed by atoms with Crippen LogP contribution in [0.15, 0.2) is 59.2 Å². The summed E-state index contributed by atoms with van der Waals surface area (Å²) in [6.07, 6.45) is 4.94. The van der Waals surface area contributed by atoms with Crippen molar-refractivity contribution in [2.24, 2.45) is 12.0 Å². The standard InChI is InChI=1S/C21H27N5OS/c1-16(2)27-19-8-6-18(7-9-19)25-21(22-11-10-20-5-4-12-28-20)23-13-17-14-24-26(3)15-17/h4-9,12,14-16H,10-11,13H2,1-3H3,(H2,22,23,25). The summed E-state index contributed by atoms with van der Waals surface area (Å²) in [5.41, 5.74) is 2.03. The normalized spacial score (nSPS) is 11.6. The Kier molecular flexibility index (Phi) is 7.08. The maximum absolute atomic E-state index is 5.71. The van der Waals surface area contributed by atoms with Crippen LogP contribution in [0, 0.1) is 0 Å². The quantitative estimate of drug-likeness (QED) is 0.444. The van der Waals surface area contributed by atoms with Crippen LogP contribution >= 0.6 is 11.3 Å². The van der Waals surface area contributed by atoms with Crippen molar-refractivity contribution in [2.75, 3.05) is 11.9 Å². The van der Waals surface area contributed by atoms with Gasteiger partial charge >= 0.3 is 0 Å². The number of aliphatic imine (C=N–C) groups is 1. The minimum Gasteiger partial charge on any atom is -0.491 e. The smallest absolute Gasteiger partial charge is 0.196 e. The molecule has 3 aromatic rings. The molecule has 0 aliphatic rings. The summed E-state index contributed by atoms with van der Waals surface area (Å²) in [6.45, 7) is 5.42. The Labute approximate surface area is 170 Å². The molecule has 0 saturated heterocycles. The van der Waals surface area contributed by atoms with E-state index in [4.69, 9.17) is 9.73 Å². The van der Waals surface area contributed by atoms with Crippen molar-refractivity contribution in [3.8, 4) is 5.75 Å². The van der Waals surface area contributed by atoms with Crippen LogP contribution in [0.5, 0.6) is 5.75 Å². The molecule has 0 bridgehead atoms. The Morgan fingerprint density at radius 3 is 2.71 bits per heavy atom. The van der Waals surface area contributed by atoms with Gasteiger partial charge in [-0.25, -0.2) is 4.99 Å². The van der Waals surface area contributed by atoms with Crippen molar-refractivity contribution in [2.45, 2.75) is 32.9 Å². The molecule has 0 unspecified atom stereocenters. The number of ether oxygens (including phenoxy) is 1. The van der Waals surface area contributed by atoms with Crippen LogP contribution in [-0.4, -0.2) is 28.4 Å². The highest BCUT2D eigenvalue weighted by Crippen LogP contribution is 2.17. The lowest BCUT2D eigenvalue weighted by Gasteiger charge is -2.14. The summed E-state index contributed by atoms with van der Waals surface area (Å²) < 4.78 is 7.49. The summed E-state index contributed by atoms with van der Waals surface area (Å²) in [5, 5.41) is 13.1. The van der Waals surface area contributed by atoms with E-state index in [-0.39, 0.29) is 6.10 Å². The highest BCUT2D eigenvalue weighted by molar-refractivity contribution is 7.09. The van der Waals surface area contributed by atoms with Crippen molar-refractivity contribution < 1.29 is 4.74 Å². The molecule has 0 amide bonds. The second-order valence-corrected chi connectivity index (χ2v) is 7.79. The van der Waals surface area contributed by atoms with Crippen molar-refractivity contribution in [1.82, 2.24) is 15.1 Å². The summed E-state index contributed by atoms with van der Waals surface area (Å²) in [6, 6.07) is 12.2. The molecule has 2 heterocycles. The number of aryl methyl sites for hydroxylation is 1. The van der Waals surface area contributed by atoms with Crippen molar-refractivity contribution >= 4 is 23.0 Å². The maximum Gasteiger partial charge on any atom is 0.196 e. The molecule has 0 atom stereocenters. The second kappa shape index (κ2) is 9.94. The Morgan fingerprint density at radius 2 is 2.07 bits per heavy atom. The number of anilines is 1. The summed E-state index contributed by atoms with van der Waals surface area (Å²) in [7, 11) is 1.91. The third kappa shape index (κ3) is 6.42. The number of rotatable bonds is 8. The first kappa shape index (κ1) is 19.9. The van der Waals surface area contributed by atoms with Gasteiger partial charge in [-0.05, 0) is 56.0 Å². The fourth-order valence-corrected chi connectivity index (χ4v) is 3.36. The maximum atomic E-state index is 5.71. The number of benzene rings is 1. The van der Waals surface area contributed by atoms with E-state index in [1.54, 1.807) is 16.0 Å². The molecule has 6 nitrogen and oxygen atoms in total. The van der Waals surface area contributed by atoms with E-state index in [1.807, 2.05) is 57.6 Å². The number of hydrogen-bond donors (Lipinski definition) is 2. The lowest BCUT2D eigenvalue weighted by molar-refractivity contribution is 0.242. The van der Waals surface area contributed by atoms with Crippen molar-refractivity contribution in [3.05, 3.63) is 64.6 Å². The van der Waals surface area contributed by atoms with Crippen molar-refractivity contribution in [1.29, 1.82) is 0 Å². The zero-order valence-electron chi connectivity index (χ0n) is 16.6. The van der Waals surface area contributed by atoms with Gasteiger partial charge in [0.15, 0.2) is 5.96 Å². The first-order chi connectivity index (χ1) is 13.6. The third-order valence-corrected chi connectivity index (χ3v) is 4.85. The zero-order valence-corrected chi connectivity index (χ0v) is 17.4. The van der Waals surface area contributed by atoms with E-state index < -0.39 is 0 Å².